The van der Waals surface area contributed by atoms with Crippen molar-refractivity contribution in [2.24, 2.45) is 0 Å². The lowest BCUT2D eigenvalue weighted by atomic mass is 10.1. The average Bonchev–Trinajstić information content (AvgIpc) is 2.82. The molecule has 6 heteroatoms. The number of hydrogen-bond donors (Lipinski definition) is 1. The van der Waals surface area contributed by atoms with E-state index >= 15 is 0 Å². The molecule has 0 aromatic heterocycles. The van der Waals surface area contributed by atoms with Gasteiger partial charge in [-0.15, -0.1) is 0 Å². The van der Waals surface area contributed by atoms with Crippen LogP contribution in [0.3, 0.4) is 0 Å². The fourth-order valence-electron chi connectivity index (χ4n) is 3.66. The van der Waals surface area contributed by atoms with E-state index in [9.17, 15) is 14.9 Å². The molecule has 0 radical (unpaired) electrons. The van der Waals surface area contributed by atoms with Crippen molar-refractivity contribution in [3.05, 3.63) is 95.6 Å². The zero-order valence-corrected chi connectivity index (χ0v) is 17.0. The zero-order valence-electron chi connectivity index (χ0n) is 17.0. The van der Waals surface area contributed by atoms with Crippen LogP contribution in [0.4, 0.5) is 16.2 Å². The van der Waals surface area contributed by atoms with Gasteiger partial charge in [0.2, 0.25) is 0 Å². The molecule has 31 heavy (non-hydrogen) atoms. The zero-order chi connectivity index (χ0) is 21.6. The molecule has 0 atom stereocenters. The summed E-state index contributed by atoms with van der Waals surface area (Å²) in [6, 6.07) is 25.8. The maximum absolute atomic E-state index is 13.1. The van der Waals surface area contributed by atoms with Crippen LogP contribution in [0.25, 0.3) is 0 Å². The largest absolute Gasteiger partial charge is 0.324 e. The summed E-state index contributed by atoms with van der Waals surface area (Å²) in [6.45, 7) is 1.69. The third kappa shape index (κ3) is 4.57. The lowest BCUT2D eigenvalue weighted by Gasteiger charge is -2.36. The molecule has 6 nitrogen and oxygen atoms in total. The van der Waals surface area contributed by atoms with E-state index in [2.05, 4.69) is 11.4 Å². The van der Waals surface area contributed by atoms with Crippen molar-refractivity contribution >= 4 is 23.3 Å². The lowest BCUT2D eigenvalue weighted by Crippen LogP contribution is -2.49. The monoisotopic (exact) mass is 410 g/mol. The van der Waals surface area contributed by atoms with Crippen molar-refractivity contribution in [3.8, 4) is 6.07 Å². The topological polar surface area (TPSA) is 76.4 Å². The number of nitriles is 1. The predicted molar refractivity (Wildman–Crippen MR) is 120 cm³/mol. The van der Waals surface area contributed by atoms with Gasteiger partial charge in [0.25, 0.3) is 5.91 Å². The third-order valence-electron chi connectivity index (χ3n) is 5.28. The van der Waals surface area contributed by atoms with Crippen LogP contribution in [-0.2, 0) is 6.54 Å². The Labute approximate surface area is 181 Å². The van der Waals surface area contributed by atoms with E-state index in [1.54, 1.807) is 40.1 Å². The SMILES string of the molecule is N#Cc1ccccc1CN1CCCN(c2ccc(NC(=O)c3ccccc3)cc2)C1=O. The molecule has 1 saturated heterocycles. The number of nitrogens with zero attached hydrogens (tertiary/aromatic N) is 3. The summed E-state index contributed by atoms with van der Waals surface area (Å²) in [6.07, 6.45) is 0.840. The molecule has 3 aromatic carbocycles. The molecule has 1 aliphatic heterocycles. The summed E-state index contributed by atoms with van der Waals surface area (Å²) in [5.74, 6) is -0.176. The van der Waals surface area contributed by atoms with Crippen LogP contribution in [0.5, 0.6) is 0 Å². The van der Waals surface area contributed by atoms with Gasteiger partial charge in [0, 0.05) is 36.6 Å². The Balaban J connectivity index is 1.45. The Morgan fingerprint density at radius 1 is 0.935 bits per heavy atom. The summed E-state index contributed by atoms with van der Waals surface area (Å²) in [7, 11) is 0. The Morgan fingerprint density at radius 2 is 1.65 bits per heavy atom. The van der Waals surface area contributed by atoms with E-state index in [1.165, 1.54) is 0 Å². The van der Waals surface area contributed by atoms with Gasteiger partial charge in [0.15, 0.2) is 0 Å². The fraction of sp³-hybridized carbons (Fsp3) is 0.160. The minimum atomic E-state index is -0.176. The van der Waals surface area contributed by atoms with E-state index < -0.39 is 0 Å². The molecule has 1 heterocycles. The van der Waals surface area contributed by atoms with Gasteiger partial charge in [-0.2, -0.15) is 5.26 Å². The second-order valence-corrected chi connectivity index (χ2v) is 7.35. The van der Waals surface area contributed by atoms with Gasteiger partial charge in [-0.3, -0.25) is 9.69 Å². The number of carbonyl (C=O) groups excluding carboxylic acids is 2. The lowest BCUT2D eigenvalue weighted by molar-refractivity contribution is 0.102. The maximum Gasteiger partial charge on any atom is 0.324 e. The number of hydrogen-bond acceptors (Lipinski definition) is 3. The quantitative estimate of drug-likeness (QED) is 0.666. The smallest absolute Gasteiger partial charge is 0.322 e. The molecule has 4 rings (SSSR count). The number of rotatable bonds is 5. The summed E-state index contributed by atoms with van der Waals surface area (Å²) >= 11 is 0. The second-order valence-electron chi connectivity index (χ2n) is 7.35. The molecule has 1 aliphatic rings. The number of amides is 3. The van der Waals surface area contributed by atoms with Crippen LogP contribution in [0, 0.1) is 11.3 Å². The predicted octanol–water partition coefficient (Wildman–Crippen LogP) is 4.64. The van der Waals surface area contributed by atoms with Crippen LogP contribution < -0.4 is 10.2 Å². The maximum atomic E-state index is 13.1. The van der Waals surface area contributed by atoms with Crippen LogP contribution in [0.1, 0.15) is 27.9 Å². The van der Waals surface area contributed by atoms with Crippen molar-refractivity contribution in [3.63, 3.8) is 0 Å². The van der Waals surface area contributed by atoms with Gasteiger partial charge < -0.3 is 10.2 Å². The van der Waals surface area contributed by atoms with Gasteiger partial charge in [-0.05, 0) is 54.4 Å². The molecular weight excluding hydrogens is 388 g/mol. The van der Waals surface area contributed by atoms with Gasteiger partial charge in [0.05, 0.1) is 11.6 Å². The highest BCUT2D eigenvalue weighted by atomic mass is 16.2. The standard InChI is InChI=1S/C25H22N4O2/c26-17-20-9-4-5-10-21(20)18-28-15-6-16-29(25(28)31)23-13-11-22(12-14-23)27-24(30)19-7-2-1-3-8-19/h1-5,7-14H,6,15-16,18H2,(H,27,30). The van der Waals surface area contributed by atoms with Crippen LogP contribution in [-0.4, -0.2) is 29.9 Å². The molecule has 0 unspecified atom stereocenters. The van der Waals surface area contributed by atoms with Crippen molar-refractivity contribution < 1.29 is 9.59 Å². The Bertz CT molecular complexity index is 1120. The number of benzene rings is 3. The number of nitrogens with one attached hydrogen (secondary N) is 1. The first-order chi connectivity index (χ1) is 15.2. The average molecular weight is 410 g/mol. The fourth-order valence-corrected chi connectivity index (χ4v) is 3.66. The molecule has 0 aliphatic carbocycles. The normalized spacial score (nSPS) is 13.6. The summed E-state index contributed by atoms with van der Waals surface area (Å²) < 4.78 is 0. The van der Waals surface area contributed by atoms with Crippen LogP contribution in [0.15, 0.2) is 78.9 Å². The Morgan fingerprint density at radius 3 is 2.39 bits per heavy atom. The first kappa shape index (κ1) is 20.2. The Kier molecular flexibility index (Phi) is 5.95. The summed E-state index contributed by atoms with van der Waals surface area (Å²) in [5.41, 5.74) is 3.47. The van der Waals surface area contributed by atoms with Crippen molar-refractivity contribution in [1.29, 1.82) is 5.26 Å². The molecular formula is C25H22N4O2. The van der Waals surface area contributed by atoms with Gasteiger partial charge in [0.1, 0.15) is 0 Å². The van der Waals surface area contributed by atoms with E-state index in [4.69, 9.17) is 0 Å². The third-order valence-corrected chi connectivity index (χ3v) is 5.28. The minimum absolute atomic E-state index is 0.0833. The highest BCUT2D eigenvalue weighted by molar-refractivity contribution is 6.04. The molecule has 3 amide bonds. The van der Waals surface area contributed by atoms with Crippen LogP contribution in [0.2, 0.25) is 0 Å². The highest BCUT2D eigenvalue weighted by Gasteiger charge is 2.27. The number of carbonyl (C=O) groups is 2. The Hall–Kier alpha value is -4.11. The van der Waals surface area contributed by atoms with Crippen molar-refractivity contribution in [1.82, 2.24) is 4.90 Å². The van der Waals surface area contributed by atoms with Crippen molar-refractivity contribution in [2.45, 2.75) is 13.0 Å². The summed E-state index contributed by atoms with van der Waals surface area (Å²) in [5, 5.41) is 12.2. The van der Waals surface area contributed by atoms with E-state index in [-0.39, 0.29) is 11.9 Å². The van der Waals surface area contributed by atoms with E-state index in [0.29, 0.717) is 36.4 Å². The molecule has 3 aromatic rings. The van der Waals surface area contributed by atoms with Gasteiger partial charge in [-0.1, -0.05) is 36.4 Å². The van der Waals surface area contributed by atoms with Gasteiger partial charge in [-0.25, -0.2) is 4.79 Å². The van der Waals surface area contributed by atoms with Gasteiger partial charge >= 0.3 is 6.03 Å². The number of urea groups is 1. The molecule has 1 fully saturated rings. The minimum Gasteiger partial charge on any atom is -0.322 e. The first-order valence-corrected chi connectivity index (χ1v) is 10.2. The number of anilines is 2. The highest BCUT2D eigenvalue weighted by Crippen LogP contribution is 2.24. The molecule has 154 valence electrons. The van der Waals surface area contributed by atoms with E-state index in [1.807, 2.05) is 48.5 Å². The van der Waals surface area contributed by atoms with E-state index in [0.717, 1.165) is 17.7 Å². The first-order valence-electron chi connectivity index (χ1n) is 10.2. The van der Waals surface area contributed by atoms with Crippen molar-refractivity contribution in [2.75, 3.05) is 23.3 Å². The van der Waals surface area contributed by atoms with Crippen LogP contribution >= 0.6 is 0 Å². The molecule has 0 bridgehead atoms. The second kappa shape index (κ2) is 9.14. The summed E-state index contributed by atoms with van der Waals surface area (Å²) in [4.78, 5) is 28.9. The molecule has 0 spiro atoms. The molecule has 1 N–H and O–H groups in total. The molecule has 0 saturated carbocycles.